The largest absolute Gasteiger partial charge is 0.465 e. The SMILES string of the molecule is Nc1nc(-n2nc(Cc3ccccc3F)c3ncc(F)cc32)nc(N)c1N(C(=O)O)C1CCC1. The molecule has 174 valence electrons. The summed E-state index contributed by atoms with van der Waals surface area (Å²) in [5.74, 6) is -1.42. The lowest BCUT2D eigenvalue weighted by molar-refractivity contribution is 0.194. The summed E-state index contributed by atoms with van der Waals surface area (Å²) in [4.78, 5) is 25.5. The number of halogens is 2. The lowest BCUT2D eigenvalue weighted by atomic mass is 9.91. The van der Waals surface area contributed by atoms with E-state index in [0.29, 0.717) is 29.6 Å². The molecule has 12 heteroatoms. The number of pyridine rings is 1. The maximum Gasteiger partial charge on any atom is 0.412 e. The topological polar surface area (TPSA) is 149 Å². The van der Waals surface area contributed by atoms with Crippen LogP contribution < -0.4 is 16.4 Å². The minimum Gasteiger partial charge on any atom is -0.465 e. The van der Waals surface area contributed by atoms with Crippen LogP contribution in [-0.4, -0.2) is 42.0 Å². The standard InChI is InChI=1S/C22H20F2N8O2/c23-12-9-16-17(27-10-12)15(8-11-4-1-2-7-14(11)24)30-32(16)21-28-19(25)18(20(26)29-21)31(22(33)34)13-5-3-6-13/h1-2,4,7,9-10,13H,3,5-6,8H2,(H,33,34)(H4,25,26,28,29). The fourth-order valence-electron chi connectivity index (χ4n) is 4.03. The van der Waals surface area contributed by atoms with Gasteiger partial charge in [0.25, 0.3) is 5.95 Å². The number of anilines is 3. The summed E-state index contributed by atoms with van der Waals surface area (Å²) in [6.07, 6.45) is 2.18. The highest BCUT2D eigenvalue weighted by Gasteiger charge is 2.34. The molecule has 1 fully saturated rings. The molecule has 5 rings (SSSR count). The lowest BCUT2D eigenvalue weighted by Crippen LogP contribution is -2.44. The molecule has 0 radical (unpaired) electrons. The van der Waals surface area contributed by atoms with E-state index in [1.165, 1.54) is 16.8 Å². The number of aromatic nitrogens is 5. The van der Waals surface area contributed by atoms with Crippen molar-refractivity contribution in [3.8, 4) is 5.95 Å². The first kappa shape index (κ1) is 21.5. The smallest absolute Gasteiger partial charge is 0.412 e. The van der Waals surface area contributed by atoms with Crippen LogP contribution in [-0.2, 0) is 6.42 Å². The average molecular weight is 466 g/mol. The molecule has 0 spiro atoms. The fourth-order valence-corrected chi connectivity index (χ4v) is 4.03. The summed E-state index contributed by atoms with van der Waals surface area (Å²) in [6, 6.07) is 7.17. The molecule has 4 aromatic rings. The van der Waals surface area contributed by atoms with E-state index in [1.54, 1.807) is 18.2 Å². The third-order valence-electron chi connectivity index (χ3n) is 5.87. The van der Waals surface area contributed by atoms with Crippen molar-refractivity contribution in [2.45, 2.75) is 31.7 Å². The molecule has 10 nitrogen and oxygen atoms in total. The Kier molecular flexibility index (Phi) is 5.19. The Balaban J connectivity index is 1.62. The monoisotopic (exact) mass is 466 g/mol. The van der Waals surface area contributed by atoms with E-state index in [0.717, 1.165) is 17.5 Å². The molecule has 0 bridgehead atoms. The maximum absolute atomic E-state index is 14.2. The first-order valence-corrected chi connectivity index (χ1v) is 10.6. The molecular weight excluding hydrogens is 446 g/mol. The summed E-state index contributed by atoms with van der Waals surface area (Å²) in [5.41, 5.74) is 13.6. The van der Waals surface area contributed by atoms with Crippen LogP contribution in [0, 0.1) is 11.6 Å². The molecule has 0 aliphatic heterocycles. The van der Waals surface area contributed by atoms with Gasteiger partial charge in [-0.1, -0.05) is 18.2 Å². The van der Waals surface area contributed by atoms with Gasteiger partial charge in [0.2, 0.25) is 0 Å². The van der Waals surface area contributed by atoms with Crippen LogP contribution >= 0.6 is 0 Å². The van der Waals surface area contributed by atoms with Gasteiger partial charge in [0.1, 0.15) is 22.8 Å². The van der Waals surface area contributed by atoms with E-state index in [9.17, 15) is 18.7 Å². The maximum atomic E-state index is 14.2. The third kappa shape index (κ3) is 3.62. The Morgan fingerprint density at radius 2 is 1.88 bits per heavy atom. The zero-order valence-electron chi connectivity index (χ0n) is 17.8. The van der Waals surface area contributed by atoms with Gasteiger partial charge in [0, 0.05) is 18.5 Å². The van der Waals surface area contributed by atoms with Gasteiger partial charge < -0.3 is 16.6 Å². The van der Waals surface area contributed by atoms with Gasteiger partial charge in [-0.15, -0.1) is 0 Å². The van der Waals surface area contributed by atoms with E-state index in [4.69, 9.17) is 11.5 Å². The molecule has 0 unspecified atom stereocenters. The zero-order valence-corrected chi connectivity index (χ0v) is 17.8. The van der Waals surface area contributed by atoms with Crippen molar-refractivity contribution < 1.29 is 18.7 Å². The van der Waals surface area contributed by atoms with E-state index in [2.05, 4.69) is 20.1 Å². The van der Waals surface area contributed by atoms with Gasteiger partial charge in [0.05, 0.1) is 17.4 Å². The minimum atomic E-state index is -1.21. The molecule has 3 heterocycles. The quantitative estimate of drug-likeness (QED) is 0.406. The van der Waals surface area contributed by atoms with E-state index < -0.39 is 17.7 Å². The highest BCUT2D eigenvalue weighted by atomic mass is 19.1. The number of carbonyl (C=O) groups is 1. The normalized spacial score (nSPS) is 13.7. The molecule has 34 heavy (non-hydrogen) atoms. The van der Waals surface area contributed by atoms with Crippen molar-refractivity contribution in [3.05, 3.63) is 59.4 Å². The summed E-state index contributed by atoms with van der Waals surface area (Å²) < 4.78 is 29.5. The number of rotatable bonds is 5. The number of carboxylic acid groups (broad SMARTS) is 1. The molecule has 1 amide bonds. The van der Waals surface area contributed by atoms with Crippen molar-refractivity contribution in [1.29, 1.82) is 0 Å². The second kappa shape index (κ2) is 8.21. The van der Waals surface area contributed by atoms with Crippen molar-refractivity contribution in [3.63, 3.8) is 0 Å². The van der Waals surface area contributed by atoms with Crippen molar-refractivity contribution >= 4 is 34.4 Å². The van der Waals surface area contributed by atoms with Crippen LogP contribution in [0.3, 0.4) is 0 Å². The number of nitrogens with two attached hydrogens (primary N) is 2. The van der Waals surface area contributed by atoms with Crippen LogP contribution in [0.1, 0.15) is 30.5 Å². The molecule has 1 aliphatic rings. The van der Waals surface area contributed by atoms with E-state index in [-0.39, 0.29) is 41.3 Å². The van der Waals surface area contributed by atoms with Crippen LogP contribution in [0.15, 0.2) is 36.5 Å². The molecule has 0 atom stereocenters. The number of nitrogen functional groups attached to an aromatic ring is 2. The Labute approximate surface area is 191 Å². The third-order valence-corrected chi connectivity index (χ3v) is 5.87. The Morgan fingerprint density at radius 3 is 2.50 bits per heavy atom. The van der Waals surface area contributed by atoms with Crippen molar-refractivity contribution in [2.24, 2.45) is 0 Å². The molecule has 3 aromatic heterocycles. The predicted molar refractivity (Wildman–Crippen MR) is 121 cm³/mol. The highest BCUT2D eigenvalue weighted by molar-refractivity contribution is 5.94. The molecule has 5 N–H and O–H groups in total. The molecule has 1 aliphatic carbocycles. The molecular formula is C22H20F2N8O2. The van der Waals surface area contributed by atoms with Crippen LogP contribution in [0.4, 0.5) is 30.9 Å². The molecule has 1 saturated carbocycles. The van der Waals surface area contributed by atoms with E-state index in [1.807, 2.05) is 0 Å². The fraction of sp³-hybridized carbons (Fsp3) is 0.227. The first-order valence-electron chi connectivity index (χ1n) is 10.6. The Hall–Kier alpha value is -4.35. The molecule has 0 saturated heterocycles. The van der Waals surface area contributed by atoms with Crippen LogP contribution in [0.25, 0.3) is 17.0 Å². The number of hydrogen-bond acceptors (Lipinski definition) is 7. The van der Waals surface area contributed by atoms with Gasteiger partial charge >= 0.3 is 6.09 Å². The summed E-state index contributed by atoms with van der Waals surface area (Å²) in [7, 11) is 0. The van der Waals surface area contributed by atoms with Gasteiger partial charge in [-0.25, -0.2) is 18.6 Å². The first-order chi connectivity index (χ1) is 16.3. The predicted octanol–water partition coefficient (Wildman–Crippen LogP) is 3.28. The number of benzene rings is 1. The van der Waals surface area contributed by atoms with Crippen LogP contribution in [0.5, 0.6) is 0 Å². The zero-order chi connectivity index (χ0) is 24.0. The highest BCUT2D eigenvalue weighted by Crippen LogP contribution is 2.36. The van der Waals surface area contributed by atoms with Gasteiger partial charge in [-0.2, -0.15) is 19.7 Å². The summed E-state index contributed by atoms with van der Waals surface area (Å²) >= 11 is 0. The second-order valence-electron chi connectivity index (χ2n) is 8.03. The van der Waals surface area contributed by atoms with Gasteiger partial charge in [-0.05, 0) is 30.9 Å². The number of amides is 1. The lowest BCUT2D eigenvalue weighted by Gasteiger charge is -2.35. The molecule has 1 aromatic carbocycles. The Morgan fingerprint density at radius 1 is 1.18 bits per heavy atom. The van der Waals surface area contributed by atoms with Gasteiger partial charge in [0.15, 0.2) is 11.6 Å². The Bertz CT molecular complexity index is 1400. The average Bonchev–Trinajstić information content (AvgIpc) is 3.10. The van der Waals surface area contributed by atoms with Crippen molar-refractivity contribution in [1.82, 2.24) is 24.7 Å². The van der Waals surface area contributed by atoms with Gasteiger partial charge in [-0.3, -0.25) is 4.90 Å². The van der Waals surface area contributed by atoms with E-state index >= 15 is 0 Å². The minimum absolute atomic E-state index is 0.00768. The number of hydrogen-bond donors (Lipinski definition) is 3. The summed E-state index contributed by atoms with van der Waals surface area (Å²) in [6.45, 7) is 0. The van der Waals surface area contributed by atoms with Crippen LogP contribution in [0.2, 0.25) is 0 Å². The second-order valence-corrected chi connectivity index (χ2v) is 8.03. The summed E-state index contributed by atoms with van der Waals surface area (Å²) in [5, 5.41) is 14.1. The number of fused-ring (bicyclic) bond motifs is 1. The van der Waals surface area contributed by atoms with Crippen molar-refractivity contribution in [2.75, 3.05) is 16.4 Å². The number of nitrogens with zero attached hydrogens (tertiary/aromatic N) is 6.